The maximum atomic E-state index is 13.1. The Kier molecular flexibility index (Phi) is 9.51. The number of aliphatic hydroxyl groups is 1. The third-order valence-electron chi connectivity index (χ3n) is 9.63. The van der Waals surface area contributed by atoms with Gasteiger partial charge in [-0.1, -0.05) is 122 Å². The Balaban J connectivity index is 1.12. The van der Waals surface area contributed by atoms with Gasteiger partial charge in [0.2, 0.25) is 0 Å². The number of aliphatic hydroxyl groups excluding tert-OH is 1. The van der Waals surface area contributed by atoms with E-state index in [1.165, 1.54) is 10.5 Å². The van der Waals surface area contributed by atoms with Crippen molar-refractivity contribution in [3.05, 3.63) is 166 Å². The molecule has 7 nitrogen and oxygen atoms in total. The molecule has 49 heavy (non-hydrogen) atoms. The zero-order valence-electron chi connectivity index (χ0n) is 27.7. The molecule has 5 aromatic carbocycles. The Morgan fingerprint density at radius 3 is 1.92 bits per heavy atom. The topological polar surface area (TPSA) is 79.3 Å². The number of carbonyl (C=O) groups is 2. The predicted molar refractivity (Wildman–Crippen MR) is 188 cm³/mol. The summed E-state index contributed by atoms with van der Waals surface area (Å²) < 4.78 is 13.4. The van der Waals surface area contributed by atoms with Crippen molar-refractivity contribution in [1.29, 1.82) is 0 Å². The Morgan fingerprint density at radius 2 is 1.27 bits per heavy atom. The highest BCUT2D eigenvalue weighted by Crippen LogP contribution is 2.42. The second kappa shape index (κ2) is 14.3. The van der Waals surface area contributed by atoms with Gasteiger partial charge >= 0.3 is 0 Å². The van der Waals surface area contributed by atoms with E-state index in [2.05, 4.69) is 43.1 Å². The number of nitrogens with zero attached hydrogens (tertiary/aromatic N) is 2. The molecule has 248 valence electrons. The fourth-order valence-corrected chi connectivity index (χ4v) is 6.91. The van der Waals surface area contributed by atoms with Crippen LogP contribution in [0.25, 0.3) is 11.1 Å². The van der Waals surface area contributed by atoms with Gasteiger partial charge in [-0.2, -0.15) is 0 Å². The molecule has 7 heteroatoms. The van der Waals surface area contributed by atoms with Crippen molar-refractivity contribution in [1.82, 2.24) is 9.80 Å². The van der Waals surface area contributed by atoms with Crippen molar-refractivity contribution in [3.63, 3.8) is 0 Å². The molecule has 7 rings (SSSR count). The minimum atomic E-state index is -0.587. The number of likely N-dealkylation sites (N-methyl/N-ethyl adjacent to an activating group) is 1. The number of ether oxygens (including phenoxy) is 2. The molecular weight excluding hydrogens is 612 g/mol. The van der Waals surface area contributed by atoms with Gasteiger partial charge in [0.15, 0.2) is 6.29 Å². The highest BCUT2D eigenvalue weighted by molar-refractivity contribution is 6.21. The molecule has 4 unspecified atom stereocenters. The van der Waals surface area contributed by atoms with Crippen molar-refractivity contribution in [3.8, 4) is 11.1 Å². The third-order valence-corrected chi connectivity index (χ3v) is 9.63. The molecule has 0 radical (unpaired) electrons. The van der Waals surface area contributed by atoms with E-state index in [1.807, 2.05) is 78.9 Å². The number of carbonyl (C=O) groups excluding carboxylic acids is 2. The van der Waals surface area contributed by atoms with E-state index in [1.54, 1.807) is 24.3 Å². The Morgan fingerprint density at radius 1 is 0.673 bits per heavy atom. The molecule has 0 bridgehead atoms. The molecule has 0 aliphatic carbocycles. The number of benzene rings is 5. The van der Waals surface area contributed by atoms with Crippen molar-refractivity contribution in [2.75, 3.05) is 13.6 Å². The van der Waals surface area contributed by atoms with Crippen LogP contribution in [0, 0.1) is 5.92 Å². The molecule has 2 aliphatic heterocycles. The SMILES string of the molecule is CC1C(CN(C)Cc2ccccc2)OC(c2ccc(-c3ccccc3CN3C(=O)c4ccccc4C3=O)cc2)OC1c1ccc(CO)cc1. The van der Waals surface area contributed by atoms with Gasteiger partial charge in [-0.3, -0.25) is 19.4 Å². The molecule has 0 spiro atoms. The van der Waals surface area contributed by atoms with Gasteiger partial charge in [0.1, 0.15) is 0 Å². The van der Waals surface area contributed by atoms with Crippen LogP contribution in [0.15, 0.2) is 127 Å². The highest BCUT2D eigenvalue weighted by atomic mass is 16.7. The monoisotopic (exact) mass is 652 g/mol. The Hall–Kier alpha value is -4.92. The Labute approximate surface area is 287 Å². The summed E-state index contributed by atoms with van der Waals surface area (Å²) in [5.74, 6) is -0.463. The molecule has 5 aromatic rings. The maximum absolute atomic E-state index is 13.1. The third kappa shape index (κ3) is 6.84. The molecule has 1 saturated heterocycles. The van der Waals surface area contributed by atoms with Crippen LogP contribution in [0.1, 0.15) is 67.9 Å². The fraction of sp³-hybridized carbons (Fsp3) is 0.238. The van der Waals surface area contributed by atoms with Gasteiger partial charge in [0, 0.05) is 24.6 Å². The number of imide groups is 1. The molecule has 2 aliphatic rings. The summed E-state index contributed by atoms with van der Waals surface area (Å²) in [6.45, 7) is 3.89. The molecule has 2 heterocycles. The second-order valence-electron chi connectivity index (χ2n) is 13.0. The van der Waals surface area contributed by atoms with Crippen molar-refractivity contribution < 1.29 is 24.2 Å². The average molecular weight is 653 g/mol. The summed E-state index contributed by atoms with van der Waals surface area (Å²) >= 11 is 0. The fourth-order valence-electron chi connectivity index (χ4n) is 6.91. The summed E-state index contributed by atoms with van der Waals surface area (Å²) in [6, 6.07) is 41.4. The van der Waals surface area contributed by atoms with Crippen LogP contribution in [0.5, 0.6) is 0 Å². The zero-order valence-corrected chi connectivity index (χ0v) is 27.7. The molecule has 2 amide bonds. The molecule has 1 fully saturated rings. The predicted octanol–water partition coefficient (Wildman–Crippen LogP) is 7.57. The summed E-state index contributed by atoms with van der Waals surface area (Å²) in [5, 5.41) is 9.61. The van der Waals surface area contributed by atoms with Crippen molar-refractivity contribution in [2.45, 2.75) is 45.1 Å². The van der Waals surface area contributed by atoms with E-state index in [4.69, 9.17) is 9.47 Å². The van der Waals surface area contributed by atoms with Crippen molar-refractivity contribution in [2.24, 2.45) is 5.92 Å². The normalized spacial score (nSPS) is 20.5. The van der Waals surface area contributed by atoms with Crippen LogP contribution in [-0.4, -0.2) is 46.4 Å². The van der Waals surface area contributed by atoms with Crippen molar-refractivity contribution >= 4 is 11.8 Å². The lowest BCUT2D eigenvalue weighted by Gasteiger charge is -2.42. The van der Waals surface area contributed by atoms with Crippen LogP contribution in [0.3, 0.4) is 0 Å². The van der Waals surface area contributed by atoms with E-state index in [-0.39, 0.29) is 43.1 Å². The minimum absolute atomic E-state index is 0.00618. The number of rotatable bonds is 10. The van der Waals surface area contributed by atoms with Gasteiger partial charge in [-0.25, -0.2) is 0 Å². The summed E-state index contributed by atoms with van der Waals surface area (Å²) in [6.07, 6.45) is -0.895. The summed E-state index contributed by atoms with van der Waals surface area (Å²) in [4.78, 5) is 29.8. The van der Waals surface area contributed by atoms with Gasteiger partial charge in [-0.05, 0) is 52.6 Å². The van der Waals surface area contributed by atoms with E-state index in [0.717, 1.165) is 46.5 Å². The largest absolute Gasteiger partial charge is 0.392 e. The first kappa shape index (κ1) is 32.6. The smallest absolute Gasteiger partial charge is 0.261 e. The van der Waals surface area contributed by atoms with Gasteiger partial charge < -0.3 is 14.6 Å². The van der Waals surface area contributed by atoms with E-state index in [9.17, 15) is 14.7 Å². The number of hydrogen-bond acceptors (Lipinski definition) is 6. The molecule has 0 aromatic heterocycles. The van der Waals surface area contributed by atoms with Gasteiger partial charge in [0.25, 0.3) is 11.8 Å². The molecule has 0 saturated carbocycles. The van der Waals surface area contributed by atoms with Gasteiger partial charge in [-0.15, -0.1) is 0 Å². The number of fused-ring (bicyclic) bond motifs is 1. The number of amides is 2. The number of hydrogen-bond donors (Lipinski definition) is 1. The van der Waals surface area contributed by atoms with Crippen LogP contribution < -0.4 is 0 Å². The van der Waals surface area contributed by atoms with E-state index >= 15 is 0 Å². The lowest BCUT2D eigenvalue weighted by Crippen LogP contribution is -2.43. The highest BCUT2D eigenvalue weighted by Gasteiger charge is 2.39. The molecular formula is C42H40N2O5. The first-order valence-corrected chi connectivity index (χ1v) is 16.8. The first-order valence-electron chi connectivity index (χ1n) is 16.8. The standard InChI is InChI=1S/C42H40N2O5/c1-28-38(26-43(2)24-29-10-4-3-5-11-29)48-42(49-39(28)32-18-16-30(27-45)17-19-32)33-22-20-31(21-23-33)35-13-7-6-12-34(35)25-44-40(46)36-14-8-9-15-37(36)41(44)47/h3-23,28,38-39,42,45H,24-27H2,1-2H3. The van der Waals surface area contributed by atoms with Crippen LogP contribution in [0.4, 0.5) is 0 Å². The second-order valence-corrected chi connectivity index (χ2v) is 13.0. The summed E-state index contributed by atoms with van der Waals surface area (Å²) in [5.41, 5.74) is 7.76. The van der Waals surface area contributed by atoms with E-state index in [0.29, 0.717) is 11.1 Å². The quantitative estimate of drug-likeness (QED) is 0.157. The minimum Gasteiger partial charge on any atom is -0.392 e. The van der Waals surface area contributed by atoms with Crippen LogP contribution in [0.2, 0.25) is 0 Å². The summed E-state index contributed by atoms with van der Waals surface area (Å²) in [7, 11) is 2.12. The zero-order chi connectivity index (χ0) is 33.9. The lowest BCUT2D eigenvalue weighted by molar-refractivity contribution is -0.276. The molecule has 4 atom stereocenters. The van der Waals surface area contributed by atoms with Crippen LogP contribution in [-0.2, 0) is 29.2 Å². The van der Waals surface area contributed by atoms with Crippen LogP contribution >= 0.6 is 0 Å². The average Bonchev–Trinajstić information content (AvgIpc) is 3.38. The van der Waals surface area contributed by atoms with Gasteiger partial charge in [0.05, 0.1) is 36.5 Å². The first-order chi connectivity index (χ1) is 23.9. The Bertz CT molecular complexity index is 1890. The maximum Gasteiger partial charge on any atom is 0.261 e. The lowest BCUT2D eigenvalue weighted by atomic mass is 9.90. The molecule has 1 N–H and O–H groups in total. The van der Waals surface area contributed by atoms with E-state index < -0.39 is 6.29 Å².